The van der Waals surface area contributed by atoms with Crippen molar-refractivity contribution in [2.24, 2.45) is 0 Å². The number of aliphatic hydroxyl groups is 1. The molecule has 0 unspecified atom stereocenters. The van der Waals surface area contributed by atoms with Crippen molar-refractivity contribution >= 4 is 22.4 Å². The van der Waals surface area contributed by atoms with Gasteiger partial charge in [-0.2, -0.15) is 23.4 Å². The SMILES string of the molecule is Nc1cn[nH]c1-c1cc2c(cn1)c(N1CC(O)C1)nn2CC(F)(F)F. The smallest absolute Gasteiger partial charge is 0.396 e. The van der Waals surface area contributed by atoms with Crippen molar-refractivity contribution in [3.63, 3.8) is 0 Å². The Morgan fingerprint density at radius 1 is 1.32 bits per heavy atom. The lowest BCUT2D eigenvalue weighted by Crippen LogP contribution is -2.51. The zero-order valence-corrected chi connectivity index (χ0v) is 12.8. The molecule has 25 heavy (non-hydrogen) atoms. The second-order valence-corrected chi connectivity index (χ2v) is 5.94. The number of hydrogen-bond donors (Lipinski definition) is 3. The quantitative estimate of drug-likeness (QED) is 0.652. The summed E-state index contributed by atoms with van der Waals surface area (Å²) in [5.41, 5.74) is 7.22. The molecule has 1 saturated heterocycles. The second-order valence-electron chi connectivity index (χ2n) is 5.94. The molecule has 4 N–H and O–H groups in total. The van der Waals surface area contributed by atoms with E-state index in [1.54, 1.807) is 4.90 Å². The van der Waals surface area contributed by atoms with Gasteiger partial charge in [-0.3, -0.25) is 14.8 Å². The normalized spacial score (nSPS) is 15.8. The maximum atomic E-state index is 12.9. The standard InChI is InChI=1S/C14H14F3N7O/c15-14(16,17)6-24-11-1-10(12-9(18)3-20-21-12)19-2-8(11)13(22-24)23-4-7(25)5-23/h1-3,7,25H,4-6,18H2,(H,20,21). The lowest BCUT2D eigenvalue weighted by atomic mass is 10.1. The molecule has 1 aliphatic rings. The summed E-state index contributed by atoms with van der Waals surface area (Å²) in [6.07, 6.45) is -2.05. The molecule has 0 radical (unpaired) electrons. The van der Waals surface area contributed by atoms with Crippen molar-refractivity contribution in [1.29, 1.82) is 0 Å². The fourth-order valence-electron chi connectivity index (χ4n) is 2.84. The molecule has 1 fully saturated rings. The third-order valence-corrected chi connectivity index (χ3v) is 4.03. The fourth-order valence-corrected chi connectivity index (χ4v) is 2.84. The summed E-state index contributed by atoms with van der Waals surface area (Å²) in [5, 5.41) is 20.5. The number of nitrogens with two attached hydrogens (primary N) is 1. The maximum absolute atomic E-state index is 12.9. The van der Waals surface area contributed by atoms with Crippen LogP contribution in [0.5, 0.6) is 0 Å². The molecule has 8 nitrogen and oxygen atoms in total. The van der Waals surface area contributed by atoms with Gasteiger partial charge in [-0.25, -0.2) is 0 Å². The molecule has 0 aromatic carbocycles. The van der Waals surface area contributed by atoms with E-state index in [-0.39, 0.29) is 5.52 Å². The van der Waals surface area contributed by atoms with Gasteiger partial charge in [-0.05, 0) is 6.07 Å². The highest BCUT2D eigenvalue weighted by molar-refractivity contribution is 5.92. The molecule has 11 heteroatoms. The molecule has 4 rings (SSSR count). The summed E-state index contributed by atoms with van der Waals surface area (Å²) in [4.78, 5) is 5.98. The third kappa shape index (κ3) is 2.76. The average Bonchev–Trinajstić information content (AvgIpc) is 3.06. The number of nitrogen functional groups attached to an aromatic ring is 1. The number of nitrogens with one attached hydrogen (secondary N) is 1. The number of hydrogen-bond acceptors (Lipinski definition) is 6. The van der Waals surface area contributed by atoms with Gasteiger partial charge < -0.3 is 15.7 Å². The molecule has 0 amide bonds. The van der Waals surface area contributed by atoms with Gasteiger partial charge in [-0.1, -0.05) is 0 Å². The topological polar surface area (TPSA) is 109 Å². The van der Waals surface area contributed by atoms with Gasteiger partial charge in [-0.15, -0.1) is 0 Å². The molecule has 132 valence electrons. The van der Waals surface area contributed by atoms with Crippen LogP contribution in [0.25, 0.3) is 22.3 Å². The number of halogens is 3. The number of aliphatic hydroxyl groups excluding tert-OH is 1. The van der Waals surface area contributed by atoms with Gasteiger partial charge in [0.2, 0.25) is 0 Å². The molecule has 3 aromatic heterocycles. The van der Waals surface area contributed by atoms with E-state index in [0.29, 0.717) is 41.4 Å². The second kappa shape index (κ2) is 5.34. The minimum atomic E-state index is -4.42. The van der Waals surface area contributed by atoms with Crippen molar-refractivity contribution in [2.45, 2.75) is 18.8 Å². The van der Waals surface area contributed by atoms with E-state index in [1.807, 2.05) is 0 Å². The molecular formula is C14H14F3N7O. The zero-order chi connectivity index (χ0) is 17.8. The van der Waals surface area contributed by atoms with Crippen LogP contribution in [-0.4, -0.2) is 55.4 Å². The van der Waals surface area contributed by atoms with Crippen LogP contribution in [-0.2, 0) is 6.54 Å². The summed E-state index contributed by atoms with van der Waals surface area (Å²) >= 11 is 0. The Bertz CT molecular complexity index is 926. The fraction of sp³-hybridized carbons (Fsp3) is 0.357. The number of pyridine rings is 1. The van der Waals surface area contributed by atoms with Gasteiger partial charge in [0.05, 0.1) is 34.6 Å². The predicted molar refractivity (Wildman–Crippen MR) is 83.8 cm³/mol. The van der Waals surface area contributed by atoms with Crippen LogP contribution in [0.1, 0.15) is 0 Å². The highest BCUT2D eigenvalue weighted by atomic mass is 19.4. The van der Waals surface area contributed by atoms with Crippen LogP contribution in [0.3, 0.4) is 0 Å². The Morgan fingerprint density at radius 3 is 2.68 bits per heavy atom. The van der Waals surface area contributed by atoms with Gasteiger partial charge in [0.1, 0.15) is 12.2 Å². The predicted octanol–water partition coefficient (Wildman–Crippen LogP) is 1.15. The average molecular weight is 353 g/mol. The van der Waals surface area contributed by atoms with Crippen LogP contribution in [0.4, 0.5) is 24.7 Å². The van der Waals surface area contributed by atoms with Gasteiger partial charge >= 0.3 is 6.18 Å². The van der Waals surface area contributed by atoms with Crippen molar-refractivity contribution in [3.8, 4) is 11.4 Å². The first kappa shape index (κ1) is 15.7. The van der Waals surface area contributed by atoms with Crippen molar-refractivity contribution in [3.05, 3.63) is 18.5 Å². The summed E-state index contributed by atoms with van der Waals surface area (Å²) < 4.78 is 39.6. The van der Waals surface area contributed by atoms with Crippen LogP contribution >= 0.6 is 0 Å². The van der Waals surface area contributed by atoms with E-state index in [9.17, 15) is 18.3 Å². The van der Waals surface area contributed by atoms with Crippen LogP contribution in [0, 0.1) is 0 Å². The summed E-state index contributed by atoms with van der Waals surface area (Å²) in [5.74, 6) is 0.376. The van der Waals surface area contributed by atoms with Crippen LogP contribution in [0.15, 0.2) is 18.5 Å². The number of alkyl halides is 3. The van der Waals surface area contributed by atoms with Crippen LogP contribution < -0.4 is 10.6 Å². The Labute approximate surface area is 139 Å². The summed E-state index contributed by atoms with van der Waals surface area (Å²) in [7, 11) is 0. The van der Waals surface area contributed by atoms with Crippen molar-refractivity contribution in [1.82, 2.24) is 25.0 Å². The van der Waals surface area contributed by atoms with Crippen LogP contribution in [0.2, 0.25) is 0 Å². The summed E-state index contributed by atoms with van der Waals surface area (Å²) in [6, 6.07) is 1.50. The minimum Gasteiger partial charge on any atom is -0.396 e. The van der Waals surface area contributed by atoms with E-state index in [1.165, 1.54) is 18.5 Å². The Morgan fingerprint density at radius 2 is 2.08 bits per heavy atom. The molecule has 0 bridgehead atoms. The zero-order valence-electron chi connectivity index (χ0n) is 12.8. The highest BCUT2D eigenvalue weighted by Gasteiger charge is 2.33. The molecule has 4 heterocycles. The van der Waals surface area contributed by atoms with Crippen molar-refractivity contribution < 1.29 is 18.3 Å². The molecular weight excluding hydrogens is 339 g/mol. The minimum absolute atomic E-state index is 0.285. The molecule has 0 aliphatic carbocycles. The number of β-amino-alcohol motifs (C(OH)–C–C–N with tert-alkyl or cyclic N) is 1. The van der Waals surface area contributed by atoms with Gasteiger partial charge in [0, 0.05) is 19.3 Å². The van der Waals surface area contributed by atoms with E-state index >= 15 is 0 Å². The number of nitrogens with zero attached hydrogens (tertiary/aromatic N) is 5. The molecule has 0 saturated carbocycles. The Kier molecular flexibility index (Phi) is 3.35. The molecule has 1 aliphatic heterocycles. The highest BCUT2D eigenvalue weighted by Crippen LogP contribution is 2.33. The van der Waals surface area contributed by atoms with E-state index in [4.69, 9.17) is 5.73 Å². The first-order chi connectivity index (χ1) is 11.8. The number of rotatable bonds is 3. The van der Waals surface area contributed by atoms with E-state index in [2.05, 4.69) is 20.3 Å². The number of anilines is 2. The molecule has 3 aromatic rings. The lowest BCUT2D eigenvalue weighted by Gasteiger charge is -2.36. The van der Waals surface area contributed by atoms with E-state index < -0.39 is 18.8 Å². The number of H-pyrrole nitrogens is 1. The summed E-state index contributed by atoms with van der Waals surface area (Å²) in [6.45, 7) is -0.567. The number of aromatic nitrogens is 5. The lowest BCUT2D eigenvalue weighted by molar-refractivity contribution is -0.141. The van der Waals surface area contributed by atoms with Gasteiger partial charge in [0.25, 0.3) is 0 Å². The number of fused-ring (bicyclic) bond motifs is 1. The van der Waals surface area contributed by atoms with E-state index in [0.717, 1.165) is 4.68 Å². The first-order valence-corrected chi connectivity index (χ1v) is 7.47. The monoisotopic (exact) mass is 353 g/mol. The van der Waals surface area contributed by atoms with Crippen molar-refractivity contribution in [2.75, 3.05) is 23.7 Å². The Balaban J connectivity index is 1.84. The Hall–Kier alpha value is -2.82. The molecule has 0 spiro atoms. The maximum Gasteiger partial charge on any atom is 0.408 e. The number of aromatic amines is 1. The van der Waals surface area contributed by atoms with Gasteiger partial charge in [0.15, 0.2) is 5.82 Å². The first-order valence-electron chi connectivity index (χ1n) is 7.47. The molecule has 0 atom stereocenters. The largest absolute Gasteiger partial charge is 0.408 e. The third-order valence-electron chi connectivity index (χ3n) is 4.03.